The molecule has 3 aliphatic heterocycles. The number of rotatable bonds is 6. The van der Waals surface area contributed by atoms with Gasteiger partial charge in [-0.25, -0.2) is 4.79 Å². The molecule has 5 unspecified atom stereocenters. The Labute approximate surface area is 148 Å². The summed E-state index contributed by atoms with van der Waals surface area (Å²) in [5, 5.41) is -1.05. The molecule has 0 spiro atoms. The monoisotopic (exact) mass is 392 g/mol. The summed E-state index contributed by atoms with van der Waals surface area (Å²) in [7, 11) is -3.69. The molecule has 2 bridgehead atoms. The lowest BCUT2D eigenvalue weighted by molar-refractivity contribution is -0.165. The van der Waals surface area contributed by atoms with Crippen LogP contribution in [0.4, 0.5) is 0 Å². The normalized spacial score (nSPS) is 33.9. The molecule has 0 aromatic carbocycles. The molecule has 0 N–H and O–H groups in total. The van der Waals surface area contributed by atoms with Crippen LogP contribution in [0.1, 0.15) is 13.3 Å². The highest BCUT2D eigenvalue weighted by Gasteiger charge is 2.67. The SMILES string of the molecule is C=C(C)C(=O)SCC(=O)OCC(=O)OC1C2CC3C(O2)C1OS3(=O)=O. The molecular weight excluding hydrogens is 376 g/mol. The fourth-order valence-electron chi connectivity index (χ4n) is 2.98. The number of carbonyl (C=O) groups is 3. The lowest BCUT2D eigenvalue weighted by Gasteiger charge is -2.21. The third kappa shape index (κ3) is 3.59. The van der Waals surface area contributed by atoms with Crippen molar-refractivity contribution in [2.75, 3.05) is 12.4 Å². The van der Waals surface area contributed by atoms with Crippen LogP contribution < -0.4 is 0 Å². The molecule has 0 radical (unpaired) electrons. The van der Waals surface area contributed by atoms with Crippen molar-refractivity contribution in [2.24, 2.45) is 0 Å². The van der Waals surface area contributed by atoms with E-state index in [9.17, 15) is 22.8 Å². The summed E-state index contributed by atoms with van der Waals surface area (Å²) in [6, 6.07) is 0. The van der Waals surface area contributed by atoms with E-state index < -0.39 is 58.3 Å². The summed E-state index contributed by atoms with van der Waals surface area (Å²) in [4.78, 5) is 34.6. The predicted molar refractivity (Wildman–Crippen MR) is 84.0 cm³/mol. The topological polar surface area (TPSA) is 122 Å². The van der Waals surface area contributed by atoms with Gasteiger partial charge in [-0.1, -0.05) is 18.3 Å². The number of fused-ring (bicyclic) bond motifs is 1. The zero-order valence-corrected chi connectivity index (χ0v) is 14.8. The largest absolute Gasteiger partial charge is 0.454 e. The summed E-state index contributed by atoms with van der Waals surface area (Å²) in [6.45, 7) is 4.33. The van der Waals surface area contributed by atoms with Gasteiger partial charge in [0.15, 0.2) is 12.7 Å². The van der Waals surface area contributed by atoms with Crippen LogP contribution in [-0.2, 0) is 42.9 Å². The van der Waals surface area contributed by atoms with E-state index in [1.165, 1.54) is 6.92 Å². The third-order valence-electron chi connectivity index (χ3n) is 4.08. The van der Waals surface area contributed by atoms with E-state index in [2.05, 4.69) is 6.58 Å². The summed E-state index contributed by atoms with van der Waals surface area (Å²) < 4.78 is 43.8. The minimum atomic E-state index is -3.69. The molecule has 3 heterocycles. The second-order valence-electron chi connectivity index (χ2n) is 5.94. The Morgan fingerprint density at radius 2 is 1.96 bits per heavy atom. The molecule has 3 aliphatic rings. The van der Waals surface area contributed by atoms with Gasteiger partial charge in [0.05, 0.1) is 11.9 Å². The number of hydrogen-bond donors (Lipinski definition) is 0. The molecule has 9 nitrogen and oxygen atoms in total. The van der Waals surface area contributed by atoms with Crippen molar-refractivity contribution in [3.63, 3.8) is 0 Å². The van der Waals surface area contributed by atoms with Crippen LogP contribution in [0.3, 0.4) is 0 Å². The van der Waals surface area contributed by atoms with Crippen LogP contribution >= 0.6 is 11.8 Å². The van der Waals surface area contributed by atoms with Gasteiger partial charge in [0.25, 0.3) is 10.1 Å². The van der Waals surface area contributed by atoms with Crippen molar-refractivity contribution >= 4 is 38.9 Å². The molecule has 0 aromatic heterocycles. The van der Waals surface area contributed by atoms with Gasteiger partial charge in [-0.3, -0.25) is 13.8 Å². The zero-order valence-electron chi connectivity index (χ0n) is 13.2. The average Bonchev–Trinajstić information content (AvgIpc) is 3.14. The Balaban J connectivity index is 1.44. The number of thioether (sulfide) groups is 1. The number of hydrogen-bond acceptors (Lipinski definition) is 10. The van der Waals surface area contributed by atoms with Gasteiger partial charge in [0, 0.05) is 0 Å². The highest BCUT2D eigenvalue weighted by atomic mass is 32.2. The second-order valence-corrected chi connectivity index (χ2v) is 8.67. The average molecular weight is 392 g/mol. The summed E-state index contributed by atoms with van der Waals surface area (Å²) in [5.41, 5.74) is 0.304. The van der Waals surface area contributed by atoms with Crippen LogP contribution in [0.15, 0.2) is 12.2 Å². The van der Waals surface area contributed by atoms with Gasteiger partial charge in [-0.2, -0.15) is 8.42 Å². The van der Waals surface area contributed by atoms with E-state index in [4.69, 9.17) is 18.4 Å². The predicted octanol–water partition coefficient (Wildman–Crippen LogP) is -0.454. The molecule has 3 saturated heterocycles. The lowest BCUT2D eigenvalue weighted by Crippen LogP contribution is -2.42. The maximum absolute atomic E-state index is 11.8. The van der Waals surface area contributed by atoms with Crippen molar-refractivity contribution in [3.05, 3.63) is 12.2 Å². The lowest BCUT2D eigenvalue weighted by atomic mass is 9.94. The van der Waals surface area contributed by atoms with Crippen molar-refractivity contribution in [1.82, 2.24) is 0 Å². The zero-order chi connectivity index (χ0) is 18.4. The minimum Gasteiger partial charge on any atom is -0.454 e. The summed E-state index contributed by atoms with van der Waals surface area (Å²) >= 11 is 0.724. The first-order valence-corrected chi connectivity index (χ1v) is 9.90. The van der Waals surface area contributed by atoms with Crippen LogP contribution in [0.5, 0.6) is 0 Å². The first-order chi connectivity index (χ1) is 11.7. The van der Waals surface area contributed by atoms with Gasteiger partial charge < -0.3 is 14.2 Å². The van der Waals surface area contributed by atoms with Crippen molar-refractivity contribution < 1.29 is 41.2 Å². The molecule has 138 valence electrons. The molecule has 0 aromatic rings. The Bertz CT molecular complexity index is 729. The quantitative estimate of drug-likeness (QED) is 0.333. The van der Waals surface area contributed by atoms with E-state index in [1.54, 1.807) is 0 Å². The van der Waals surface area contributed by atoms with E-state index >= 15 is 0 Å². The molecule has 25 heavy (non-hydrogen) atoms. The maximum atomic E-state index is 11.8. The van der Waals surface area contributed by atoms with E-state index in [0.717, 1.165) is 11.8 Å². The van der Waals surface area contributed by atoms with Crippen molar-refractivity contribution in [1.29, 1.82) is 0 Å². The molecule has 3 rings (SSSR count). The molecule has 0 saturated carbocycles. The Morgan fingerprint density at radius 3 is 2.64 bits per heavy atom. The summed E-state index contributed by atoms with van der Waals surface area (Å²) in [5.74, 6) is -1.84. The summed E-state index contributed by atoms with van der Waals surface area (Å²) in [6.07, 6.45) is -2.65. The molecule has 0 amide bonds. The van der Waals surface area contributed by atoms with E-state index in [0.29, 0.717) is 5.57 Å². The van der Waals surface area contributed by atoms with Gasteiger partial charge in [0.1, 0.15) is 17.5 Å². The third-order valence-corrected chi connectivity index (χ3v) is 6.76. The van der Waals surface area contributed by atoms with E-state index in [-0.39, 0.29) is 17.3 Å². The van der Waals surface area contributed by atoms with Crippen LogP contribution in [0.2, 0.25) is 0 Å². The fraction of sp³-hybridized carbons (Fsp3) is 0.643. The minimum absolute atomic E-state index is 0.209. The first kappa shape index (κ1) is 18.4. The van der Waals surface area contributed by atoms with Crippen molar-refractivity contribution in [3.8, 4) is 0 Å². The van der Waals surface area contributed by atoms with E-state index in [1.807, 2.05) is 0 Å². The Hall–Kier alpha value is -1.43. The Morgan fingerprint density at radius 1 is 1.24 bits per heavy atom. The standard InChI is InChI=1S/C14H16O9S2/c1-6(2)14(17)24-5-10(16)20-4-9(15)22-11-7-3-8-12(21-7)13(11)23-25(8,18)19/h7-8,11-13H,1,3-5H2,2H3. The molecule has 3 fully saturated rings. The van der Waals surface area contributed by atoms with Crippen LogP contribution in [0, 0.1) is 0 Å². The van der Waals surface area contributed by atoms with Crippen LogP contribution in [-0.4, -0.2) is 67.5 Å². The van der Waals surface area contributed by atoms with Gasteiger partial charge >= 0.3 is 11.9 Å². The highest BCUT2D eigenvalue weighted by Crippen LogP contribution is 2.47. The Kier molecular flexibility index (Phi) is 4.93. The molecule has 11 heteroatoms. The maximum Gasteiger partial charge on any atom is 0.344 e. The fourth-order valence-corrected chi connectivity index (χ4v) is 5.21. The highest BCUT2D eigenvalue weighted by molar-refractivity contribution is 8.14. The molecule has 5 atom stereocenters. The number of carbonyl (C=O) groups excluding carboxylic acids is 3. The number of ether oxygens (including phenoxy) is 3. The smallest absolute Gasteiger partial charge is 0.344 e. The van der Waals surface area contributed by atoms with Gasteiger partial charge in [-0.15, -0.1) is 0 Å². The van der Waals surface area contributed by atoms with Crippen molar-refractivity contribution in [2.45, 2.75) is 43.0 Å². The molecular formula is C14H16O9S2. The number of esters is 2. The van der Waals surface area contributed by atoms with Gasteiger partial charge in [-0.05, 0) is 18.9 Å². The second kappa shape index (κ2) is 6.71. The van der Waals surface area contributed by atoms with Gasteiger partial charge in [0.2, 0.25) is 5.12 Å². The molecule has 0 aliphatic carbocycles. The van der Waals surface area contributed by atoms with Crippen LogP contribution in [0.25, 0.3) is 0 Å². The first-order valence-electron chi connectivity index (χ1n) is 7.44.